The summed E-state index contributed by atoms with van der Waals surface area (Å²) in [5.41, 5.74) is 5.68. The van der Waals surface area contributed by atoms with Crippen LogP contribution in [0.5, 0.6) is 0 Å². The van der Waals surface area contributed by atoms with Crippen molar-refractivity contribution in [3.8, 4) is 0 Å². The van der Waals surface area contributed by atoms with Crippen molar-refractivity contribution >= 4 is 34.9 Å². The first-order valence-electron chi connectivity index (χ1n) is 4.28. The number of nitrogens with two attached hydrogens (primary N) is 1. The SMILES string of the molecule is NC(CNc1cc(Cl)c(F)c(Cl)c1)C(=O)O. The third kappa shape index (κ3) is 3.23. The fourth-order valence-corrected chi connectivity index (χ4v) is 1.46. The summed E-state index contributed by atoms with van der Waals surface area (Å²) < 4.78 is 13.0. The van der Waals surface area contributed by atoms with Crippen molar-refractivity contribution in [3.63, 3.8) is 0 Å². The summed E-state index contributed by atoms with van der Waals surface area (Å²) in [6, 6.07) is 1.55. The number of carboxylic acid groups (broad SMARTS) is 1. The molecule has 4 N–H and O–H groups in total. The second-order valence-corrected chi connectivity index (χ2v) is 3.89. The van der Waals surface area contributed by atoms with Crippen LogP contribution in [0, 0.1) is 5.82 Å². The summed E-state index contributed by atoms with van der Waals surface area (Å²) in [6.45, 7) is -0.00633. The van der Waals surface area contributed by atoms with Crippen LogP contribution in [0.15, 0.2) is 12.1 Å². The molecule has 0 amide bonds. The molecule has 0 bridgehead atoms. The van der Waals surface area contributed by atoms with Crippen LogP contribution < -0.4 is 11.1 Å². The molecule has 0 radical (unpaired) electrons. The predicted octanol–water partition coefficient (Wildman–Crippen LogP) is 1.96. The predicted molar refractivity (Wildman–Crippen MR) is 60.5 cm³/mol. The van der Waals surface area contributed by atoms with Gasteiger partial charge in [-0.25, -0.2) is 4.39 Å². The lowest BCUT2D eigenvalue weighted by atomic mass is 10.2. The number of halogens is 3. The topological polar surface area (TPSA) is 75.3 Å². The first-order valence-corrected chi connectivity index (χ1v) is 5.04. The lowest BCUT2D eigenvalue weighted by Gasteiger charge is -2.10. The van der Waals surface area contributed by atoms with Gasteiger partial charge in [0.15, 0.2) is 5.82 Å². The van der Waals surface area contributed by atoms with Crippen molar-refractivity contribution in [3.05, 3.63) is 28.0 Å². The quantitative estimate of drug-likeness (QED) is 0.729. The van der Waals surface area contributed by atoms with Crippen molar-refractivity contribution in [1.82, 2.24) is 0 Å². The number of rotatable bonds is 4. The maximum atomic E-state index is 13.0. The third-order valence-electron chi connectivity index (χ3n) is 1.83. The maximum Gasteiger partial charge on any atom is 0.322 e. The van der Waals surface area contributed by atoms with Gasteiger partial charge in [-0.05, 0) is 12.1 Å². The van der Waals surface area contributed by atoms with Gasteiger partial charge >= 0.3 is 5.97 Å². The van der Waals surface area contributed by atoms with E-state index in [0.717, 1.165) is 0 Å². The van der Waals surface area contributed by atoms with Gasteiger partial charge in [-0.3, -0.25) is 4.79 Å². The average Bonchev–Trinajstić information content (AvgIpc) is 2.22. The van der Waals surface area contributed by atoms with Crippen molar-refractivity contribution in [2.24, 2.45) is 5.73 Å². The van der Waals surface area contributed by atoms with E-state index in [1.165, 1.54) is 12.1 Å². The highest BCUT2D eigenvalue weighted by atomic mass is 35.5. The molecular formula is C9H9Cl2FN2O2. The Bertz CT molecular complexity index is 391. The molecular weight excluding hydrogens is 258 g/mol. The Labute approximate surface area is 101 Å². The van der Waals surface area contributed by atoms with Gasteiger partial charge < -0.3 is 16.2 Å². The van der Waals surface area contributed by atoms with Gasteiger partial charge in [0.2, 0.25) is 0 Å². The van der Waals surface area contributed by atoms with E-state index in [4.69, 9.17) is 34.0 Å². The largest absolute Gasteiger partial charge is 0.480 e. The van der Waals surface area contributed by atoms with Crippen molar-refractivity contribution in [2.45, 2.75) is 6.04 Å². The normalized spacial score (nSPS) is 12.2. The van der Waals surface area contributed by atoms with E-state index in [-0.39, 0.29) is 16.6 Å². The molecule has 0 saturated carbocycles. The molecule has 1 unspecified atom stereocenters. The minimum atomic E-state index is -1.13. The van der Waals surface area contributed by atoms with Crippen molar-refractivity contribution in [2.75, 3.05) is 11.9 Å². The van der Waals surface area contributed by atoms with Crippen LogP contribution in [0.4, 0.5) is 10.1 Å². The number of carboxylic acids is 1. The highest BCUT2D eigenvalue weighted by Crippen LogP contribution is 2.27. The molecule has 1 rings (SSSR count). The first-order chi connectivity index (χ1) is 7.41. The maximum absolute atomic E-state index is 13.0. The lowest BCUT2D eigenvalue weighted by Crippen LogP contribution is -2.36. The minimum absolute atomic E-state index is 0.00633. The van der Waals surface area contributed by atoms with Gasteiger partial charge in [-0.2, -0.15) is 0 Å². The van der Waals surface area contributed by atoms with Crippen molar-refractivity contribution in [1.29, 1.82) is 0 Å². The standard InChI is InChI=1S/C9H9Cl2FN2O2/c10-5-1-4(2-6(11)8(5)12)14-3-7(13)9(15)16/h1-2,7,14H,3,13H2,(H,15,16). The van der Waals surface area contributed by atoms with E-state index in [2.05, 4.69) is 5.32 Å². The van der Waals surface area contributed by atoms with Gasteiger partial charge in [0.05, 0.1) is 10.0 Å². The first kappa shape index (κ1) is 13.0. The van der Waals surface area contributed by atoms with E-state index in [1.807, 2.05) is 0 Å². The van der Waals surface area contributed by atoms with E-state index in [1.54, 1.807) is 0 Å². The molecule has 0 aliphatic heterocycles. The summed E-state index contributed by atoms with van der Waals surface area (Å²) in [5.74, 6) is -1.84. The summed E-state index contributed by atoms with van der Waals surface area (Å²) >= 11 is 11.1. The van der Waals surface area contributed by atoms with Crippen molar-refractivity contribution < 1.29 is 14.3 Å². The highest BCUT2D eigenvalue weighted by Gasteiger charge is 2.12. The Morgan fingerprint density at radius 3 is 2.44 bits per heavy atom. The summed E-state index contributed by atoms with van der Waals surface area (Å²) in [5, 5.41) is 10.9. The Morgan fingerprint density at radius 1 is 1.50 bits per heavy atom. The molecule has 0 spiro atoms. The van der Waals surface area contributed by atoms with E-state index in [9.17, 15) is 9.18 Å². The van der Waals surface area contributed by atoms with Crippen LogP contribution >= 0.6 is 23.2 Å². The molecule has 7 heteroatoms. The molecule has 1 aromatic rings. The Hall–Kier alpha value is -1.04. The zero-order chi connectivity index (χ0) is 12.3. The molecule has 0 aliphatic carbocycles. The van der Waals surface area contributed by atoms with Gasteiger partial charge in [0, 0.05) is 12.2 Å². The summed E-state index contributed by atoms with van der Waals surface area (Å²) in [7, 11) is 0. The van der Waals surface area contributed by atoms with Crippen LogP contribution in [0.3, 0.4) is 0 Å². The fourth-order valence-electron chi connectivity index (χ4n) is 0.973. The van der Waals surface area contributed by atoms with E-state index in [0.29, 0.717) is 5.69 Å². The smallest absolute Gasteiger partial charge is 0.322 e. The van der Waals surface area contributed by atoms with Crippen LogP contribution in [0.1, 0.15) is 0 Å². The molecule has 0 aromatic heterocycles. The van der Waals surface area contributed by atoms with Gasteiger partial charge in [0.25, 0.3) is 0 Å². The molecule has 1 atom stereocenters. The fraction of sp³-hybridized carbons (Fsp3) is 0.222. The van der Waals surface area contributed by atoms with Crippen LogP contribution in [0.25, 0.3) is 0 Å². The number of benzene rings is 1. The van der Waals surface area contributed by atoms with E-state index >= 15 is 0 Å². The highest BCUT2D eigenvalue weighted by molar-refractivity contribution is 6.35. The number of carbonyl (C=O) groups is 1. The van der Waals surface area contributed by atoms with Crippen LogP contribution in [-0.2, 0) is 4.79 Å². The molecule has 0 saturated heterocycles. The zero-order valence-corrected chi connectivity index (χ0v) is 9.52. The number of hydrogen-bond acceptors (Lipinski definition) is 3. The number of hydrogen-bond donors (Lipinski definition) is 3. The number of aliphatic carboxylic acids is 1. The molecule has 0 fully saturated rings. The summed E-state index contributed by atoms with van der Waals surface area (Å²) in [6.07, 6.45) is 0. The molecule has 88 valence electrons. The van der Waals surface area contributed by atoms with Crippen LogP contribution in [0.2, 0.25) is 10.0 Å². The monoisotopic (exact) mass is 266 g/mol. The Morgan fingerprint density at radius 2 is 2.00 bits per heavy atom. The van der Waals surface area contributed by atoms with E-state index < -0.39 is 17.8 Å². The average molecular weight is 267 g/mol. The summed E-state index contributed by atoms with van der Waals surface area (Å²) in [4.78, 5) is 10.4. The minimum Gasteiger partial charge on any atom is -0.480 e. The third-order valence-corrected chi connectivity index (χ3v) is 2.38. The number of nitrogens with one attached hydrogen (secondary N) is 1. The molecule has 0 heterocycles. The molecule has 0 aliphatic rings. The second kappa shape index (κ2) is 5.34. The molecule has 1 aromatic carbocycles. The molecule has 16 heavy (non-hydrogen) atoms. The Kier molecular flexibility index (Phi) is 4.35. The molecule has 4 nitrogen and oxygen atoms in total. The van der Waals surface area contributed by atoms with Gasteiger partial charge in [0.1, 0.15) is 6.04 Å². The Balaban J connectivity index is 2.72. The van der Waals surface area contributed by atoms with Gasteiger partial charge in [-0.1, -0.05) is 23.2 Å². The van der Waals surface area contributed by atoms with Crippen LogP contribution in [-0.4, -0.2) is 23.7 Å². The van der Waals surface area contributed by atoms with Gasteiger partial charge in [-0.15, -0.1) is 0 Å². The lowest BCUT2D eigenvalue weighted by molar-refractivity contribution is -0.138. The zero-order valence-electron chi connectivity index (χ0n) is 8.01. The number of anilines is 1. The second-order valence-electron chi connectivity index (χ2n) is 3.08.